The van der Waals surface area contributed by atoms with Gasteiger partial charge in [0, 0.05) is 5.66 Å². The van der Waals surface area contributed by atoms with E-state index < -0.39 is 7.74 Å². The molecular formula is C11H17PSi. The summed E-state index contributed by atoms with van der Waals surface area (Å²) in [4.78, 5) is 0. The van der Waals surface area contributed by atoms with Gasteiger partial charge in [-0.2, -0.15) is 0 Å². The summed E-state index contributed by atoms with van der Waals surface area (Å²) < 4.78 is 0. The van der Waals surface area contributed by atoms with Crippen molar-refractivity contribution in [3.63, 3.8) is 0 Å². The van der Waals surface area contributed by atoms with Gasteiger partial charge in [-0.25, -0.2) is 0 Å². The lowest BCUT2D eigenvalue weighted by Crippen LogP contribution is -2.11. The van der Waals surface area contributed by atoms with Crippen molar-refractivity contribution in [1.82, 2.24) is 0 Å². The molecule has 1 aromatic rings. The zero-order valence-electron chi connectivity index (χ0n) is 8.62. The fraction of sp³-hybridized carbons (Fsp3) is 0.455. The van der Waals surface area contributed by atoms with Crippen molar-refractivity contribution >= 4 is 15.2 Å². The minimum atomic E-state index is -0.805. The Balaban J connectivity index is 2.09. The van der Waals surface area contributed by atoms with Gasteiger partial charge in [-0.15, -0.1) is 7.47 Å². The van der Waals surface area contributed by atoms with Gasteiger partial charge in [0.25, 0.3) is 0 Å². The molecule has 1 aliphatic heterocycles. The lowest BCUT2D eigenvalue weighted by Gasteiger charge is -2.15. The number of rotatable bonds is 2. The maximum atomic E-state index is 2.52. The molecule has 0 aliphatic carbocycles. The van der Waals surface area contributed by atoms with Crippen LogP contribution in [0.15, 0.2) is 30.3 Å². The summed E-state index contributed by atoms with van der Waals surface area (Å²) in [6, 6.07) is 11.1. The van der Waals surface area contributed by atoms with E-state index in [4.69, 9.17) is 0 Å². The van der Waals surface area contributed by atoms with Crippen LogP contribution in [-0.4, -0.2) is 13.9 Å². The largest absolute Gasteiger partial charge is 0.110 e. The topological polar surface area (TPSA) is 0 Å². The first-order valence-electron chi connectivity index (χ1n) is 4.91. The van der Waals surface area contributed by atoms with E-state index in [1.807, 2.05) is 0 Å². The first-order valence-corrected chi connectivity index (χ1v) is 10.8. The number of benzene rings is 1. The van der Waals surface area contributed by atoms with Gasteiger partial charge in [0.1, 0.15) is 0 Å². The molecule has 0 nitrogen and oxygen atoms in total. The Kier molecular flexibility index (Phi) is 2.33. The lowest BCUT2D eigenvalue weighted by atomic mass is 10.2. The Morgan fingerprint density at radius 1 is 1.15 bits per heavy atom. The first kappa shape index (κ1) is 9.42. The van der Waals surface area contributed by atoms with Crippen molar-refractivity contribution < 1.29 is 0 Å². The van der Waals surface area contributed by atoms with E-state index in [1.165, 1.54) is 6.16 Å². The van der Waals surface area contributed by atoms with Crippen LogP contribution in [0, 0.1) is 0 Å². The first-order chi connectivity index (χ1) is 6.09. The molecule has 0 radical (unpaired) electrons. The van der Waals surface area contributed by atoms with Crippen molar-refractivity contribution in [2.75, 3.05) is 6.16 Å². The van der Waals surface area contributed by atoms with Crippen LogP contribution in [0.2, 0.25) is 19.6 Å². The van der Waals surface area contributed by atoms with Crippen molar-refractivity contribution in [3.8, 4) is 0 Å². The molecule has 0 N–H and O–H groups in total. The number of hydrogen-bond acceptors (Lipinski definition) is 0. The van der Waals surface area contributed by atoms with Gasteiger partial charge in [0.2, 0.25) is 0 Å². The maximum absolute atomic E-state index is 2.52. The zero-order valence-corrected chi connectivity index (χ0v) is 10.5. The van der Waals surface area contributed by atoms with Crippen LogP contribution in [0.3, 0.4) is 0 Å². The van der Waals surface area contributed by atoms with Crippen LogP contribution in [0.5, 0.6) is 0 Å². The highest BCUT2D eigenvalue weighted by Crippen LogP contribution is 2.74. The van der Waals surface area contributed by atoms with Gasteiger partial charge in [0.05, 0.1) is 7.74 Å². The van der Waals surface area contributed by atoms with E-state index in [9.17, 15) is 0 Å². The molecule has 0 aromatic heterocycles. The zero-order chi connectivity index (χ0) is 9.47. The predicted molar refractivity (Wildman–Crippen MR) is 64.3 cm³/mol. The SMILES string of the molecule is C[Si](C)(C)P1CC1c1ccccc1. The fourth-order valence-corrected chi connectivity index (χ4v) is 10.5. The summed E-state index contributed by atoms with van der Waals surface area (Å²) >= 11 is 0. The molecule has 1 aliphatic rings. The highest BCUT2D eigenvalue weighted by molar-refractivity contribution is 7.99. The van der Waals surface area contributed by atoms with Gasteiger partial charge in [-0.1, -0.05) is 50.0 Å². The summed E-state index contributed by atoms with van der Waals surface area (Å²) in [6.45, 7) is 7.55. The third kappa shape index (κ3) is 2.03. The fourth-order valence-electron chi connectivity index (χ4n) is 1.84. The van der Waals surface area contributed by atoms with E-state index in [-0.39, 0.29) is 0 Å². The smallest absolute Gasteiger partial charge is 0.0727 e. The maximum Gasteiger partial charge on any atom is 0.0727 e. The molecule has 2 heteroatoms. The molecule has 2 rings (SSSR count). The highest BCUT2D eigenvalue weighted by Gasteiger charge is 2.45. The molecule has 2 unspecified atom stereocenters. The van der Waals surface area contributed by atoms with Crippen LogP contribution in [0.4, 0.5) is 0 Å². The average Bonchev–Trinajstić information content (AvgIpc) is 2.83. The molecule has 1 heterocycles. The monoisotopic (exact) mass is 208 g/mol. The highest BCUT2D eigenvalue weighted by atomic mass is 31.4. The number of hydrogen-bond donors (Lipinski definition) is 0. The minimum Gasteiger partial charge on any atom is -0.110 e. The second-order valence-corrected chi connectivity index (χ2v) is 16.8. The predicted octanol–water partition coefficient (Wildman–Crippen LogP) is 4.06. The molecule has 0 spiro atoms. The molecule has 1 saturated heterocycles. The van der Waals surface area contributed by atoms with Crippen LogP contribution in [-0.2, 0) is 0 Å². The Morgan fingerprint density at radius 2 is 1.77 bits per heavy atom. The second-order valence-electron chi connectivity index (χ2n) is 4.75. The molecule has 70 valence electrons. The van der Waals surface area contributed by atoms with Gasteiger partial charge < -0.3 is 0 Å². The van der Waals surface area contributed by atoms with E-state index >= 15 is 0 Å². The van der Waals surface area contributed by atoms with Crippen molar-refractivity contribution in [2.24, 2.45) is 0 Å². The third-order valence-corrected chi connectivity index (χ3v) is 12.6. The van der Waals surface area contributed by atoms with E-state index in [2.05, 4.69) is 50.0 Å². The quantitative estimate of drug-likeness (QED) is 0.508. The minimum absolute atomic E-state index is 0.408. The Bertz CT molecular complexity index is 289. The standard InChI is InChI=1S/C11H17PSi/c1-13(2,3)12-9-11(12)10-7-5-4-6-8-10/h4-8,11H,9H2,1-3H3. The summed E-state index contributed by atoms with van der Waals surface area (Å²) in [5.41, 5.74) is 2.55. The molecule has 0 amide bonds. The normalized spacial score (nSPS) is 27.3. The third-order valence-electron chi connectivity index (χ3n) is 2.66. The van der Waals surface area contributed by atoms with Crippen LogP contribution >= 0.6 is 7.47 Å². The van der Waals surface area contributed by atoms with E-state index in [0.717, 1.165) is 5.66 Å². The summed E-state index contributed by atoms with van der Waals surface area (Å²) in [5.74, 6) is 0. The van der Waals surface area contributed by atoms with Crippen LogP contribution < -0.4 is 0 Å². The van der Waals surface area contributed by atoms with Gasteiger partial charge >= 0.3 is 0 Å². The van der Waals surface area contributed by atoms with Crippen molar-refractivity contribution in [1.29, 1.82) is 0 Å². The summed E-state index contributed by atoms with van der Waals surface area (Å²) in [5, 5.41) is 0. The van der Waals surface area contributed by atoms with Gasteiger partial charge in [-0.3, -0.25) is 0 Å². The lowest BCUT2D eigenvalue weighted by molar-refractivity contribution is 1.23. The Morgan fingerprint density at radius 3 is 2.23 bits per heavy atom. The Hall–Kier alpha value is -0.133. The van der Waals surface area contributed by atoms with Crippen molar-refractivity contribution in [2.45, 2.75) is 25.3 Å². The summed E-state index contributed by atoms with van der Waals surface area (Å²) in [6.07, 6.45) is 1.51. The second kappa shape index (κ2) is 3.22. The molecule has 0 saturated carbocycles. The molecule has 1 aromatic carbocycles. The average molecular weight is 208 g/mol. The van der Waals surface area contributed by atoms with Gasteiger partial charge in [0.15, 0.2) is 0 Å². The van der Waals surface area contributed by atoms with Gasteiger partial charge in [-0.05, 0) is 11.7 Å². The molecule has 2 atom stereocenters. The molecular weight excluding hydrogens is 191 g/mol. The molecule has 1 fully saturated rings. The molecule has 13 heavy (non-hydrogen) atoms. The van der Waals surface area contributed by atoms with E-state index in [1.54, 1.807) is 5.56 Å². The van der Waals surface area contributed by atoms with Crippen LogP contribution in [0.25, 0.3) is 0 Å². The summed E-state index contributed by atoms with van der Waals surface area (Å²) in [7, 11) is -0.397. The van der Waals surface area contributed by atoms with Crippen LogP contribution in [0.1, 0.15) is 11.2 Å². The molecule has 0 bridgehead atoms. The van der Waals surface area contributed by atoms with E-state index in [0.29, 0.717) is 7.47 Å². The Labute approximate surface area is 83.0 Å². The van der Waals surface area contributed by atoms with Crippen molar-refractivity contribution in [3.05, 3.63) is 35.9 Å².